The van der Waals surface area contributed by atoms with Crippen LogP contribution in [-0.4, -0.2) is 46.2 Å². The van der Waals surface area contributed by atoms with E-state index in [1.54, 1.807) is 18.0 Å². The average molecular weight is 356 g/mol. The number of fused-ring (bicyclic) bond motifs is 3. The first-order chi connectivity index (χ1) is 12.7. The van der Waals surface area contributed by atoms with Crippen LogP contribution in [-0.2, 0) is 6.54 Å². The van der Waals surface area contributed by atoms with E-state index in [1.807, 2.05) is 18.2 Å². The summed E-state index contributed by atoms with van der Waals surface area (Å²) in [5, 5.41) is 0.917. The molecule has 0 radical (unpaired) electrons. The first kappa shape index (κ1) is 18.5. The summed E-state index contributed by atoms with van der Waals surface area (Å²) in [6, 6.07) is 5.72. The van der Waals surface area contributed by atoms with Crippen LogP contribution >= 0.6 is 0 Å². The van der Waals surface area contributed by atoms with Gasteiger partial charge in [0.2, 0.25) is 0 Å². The van der Waals surface area contributed by atoms with Crippen LogP contribution in [0.4, 0.5) is 0 Å². The topological polar surface area (TPSA) is 63.1 Å². The quantitative estimate of drug-likeness (QED) is 0.638. The summed E-state index contributed by atoms with van der Waals surface area (Å²) in [5.74, 6) is 0.760. The smallest absolute Gasteiger partial charge is 0.277 e. The van der Waals surface area contributed by atoms with Crippen molar-refractivity contribution in [3.05, 3.63) is 34.9 Å². The van der Waals surface area contributed by atoms with Gasteiger partial charge in [-0.1, -0.05) is 13.8 Å². The molecule has 2 aromatic heterocycles. The third-order valence-corrected chi connectivity index (χ3v) is 4.73. The summed E-state index contributed by atoms with van der Waals surface area (Å²) in [7, 11) is 1.64. The zero-order valence-corrected chi connectivity index (χ0v) is 15.9. The van der Waals surface area contributed by atoms with Crippen LogP contribution in [0, 0.1) is 0 Å². The Hall–Kier alpha value is -2.34. The second kappa shape index (κ2) is 8.36. The van der Waals surface area contributed by atoms with E-state index in [1.165, 1.54) is 0 Å². The Morgan fingerprint density at radius 2 is 1.96 bits per heavy atom. The predicted octanol–water partition coefficient (Wildman–Crippen LogP) is 3.40. The highest BCUT2D eigenvalue weighted by atomic mass is 16.5. The Balaban J connectivity index is 1.81. The van der Waals surface area contributed by atoms with Crippen LogP contribution in [0.15, 0.2) is 29.3 Å². The van der Waals surface area contributed by atoms with Crippen LogP contribution in [0.1, 0.15) is 33.1 Å². The van der Waals surface area contributed by atoms with Gasteiger partial charge in [0.15, 0.2) is 0 Å². The first-order valence-electron chi connectivity index (χ1n) is 9.45. The Labute approximate surface area is 153 Å². The minimum absolute atomic E-state index is 0.0114. The van der Waals surface area contributed by atoms with Crippen LogP contribution in [0.2, 0.25) is 0 Å². The highest BCUT2D eigenvalue weighted by molar-refractivity contribution is 6.04. The molecule has 0 saturated heterocycles. The SMILES string of the molecule is CCCN(CCC)CCCn1cnc2c([nH]c3ccc(OC)cc32)c1=O. The van der Waals surface area contributed by atoms with Crippen molar-refractivity contribution in [2.75, 3.05) is 26.7 Å². The van der Waals surface area contributed by atoms with Gasteiger partial charge in [-0.2, -0.15) is 0 Å². The second-order valence-corrected chi connectivity index (χ2v) is 6.70. The molecule has 26 heavy (non-hydrogen) atoms. The summed E-state index contributed by atoms with van der Waals surface area (Å²) in [6.45, 7) is 8.33. The normalized spacial score (nSPS) is 11.7. The van der Waals surface area contributed by atoms with Gasteiger partial charge in [-0.3, -0.25) is 9.36 Å². The molecule has 0 spiro atoms. The van der Waals surface area contributed by atoms with Crippen molar-refractivity contribution >= 4 is 21.9 Å². The summed E-state index contributed by atoms with van der Waals surface area (Å²) in [5.41, 5.74) is 2.16. The van der Waals surface area contributed by atoms with E-state index >= 15 is 0 Å². The number of aromatic amines is 1. The molecule has 0 aliphatic carbocycles. The van der Waals surface area contributed by atoms with Gasteiger partial charge in [0, 0.05) is 17.4 Å². The lowest BCUT2D eigenvalue weighted by molar-refractivity contribution is 0.265. The zero-order chi connectivity index (χ0) is 18.5. The molecule has 0 aliphatic heterocycles. The molecular weight excluding hydrogens is 328 g/mol. The minimum atomic E-state index is -0.0114. The predicted molar refractivity (Wildman–Crippen MR) is 106 cm³/mol. The molecule has 140 valence electrons. The van der Waals surface area contributed by atoms with E-state index in [0.29, 0.717) is 17.6 Å². The maximum Gasteiger partial charge on any atom is 0.277 e. The number of aromatic nitrogens is 3. The van der Waals surface area contributed by atoms with Gasteiger partial charge in [0.05, 0.1) is 13.4 Å². The van der Waals surface area contributed by atoms with Gasteiger partial charge < -0.3 is 14.6 Å². The number of ether oxygens (including phenoxy) is 1. The Morgan fingerprint density at radius 1 is 1.19 bits per heavy atom. The van der Waals surface area contributed by atoms with Gasteiger partial charge in [0.25, 0.3) is 5.56 Å². The minimum Gasteiger partial charge on any atom is -0.497 e. The molecule has 6 nitrogen and oxygen atoms in total. The van der Waals surface area contributed by atoms with Gasteiger partial charge in [-0.25, -0.2) is 4.98 Å². The van der Waals surface area contributed by atoms with Crippen LogP contribution in [0.3, 0.4) is 0 Å². The molecule has 1 aromatic carbocycles. The van der Waals surface area contributed by atoms with Gasteiger partial charge in [0.1, 0.15) is 16.8 Å². The molecule has 3 rings (SSSR count). The molecule has 6 heteroatoms. The standard InChI is InChI=1S/C20H28N4O2/c1-4-9-23(10-5-2)11-6-12-24-14-21-18-16-13-15(26-3)7-8-17(16)22-19(18)20(24)25/h7-8,13-14,22H,4-6,9-12H2,1-3H3. The Morgan fingerprint density at radius 3 is 2.65 bits per heavy atom. The molecule has 0 fully saturated rings. The molecule has 3 aromatic rings. The van der Waals surface area contributed by atoms with Crippen molar-refractivity contribution in [1.29, 1.82) is 0 Å². The lowest BCUT2D eigenvalue weighted by Crippen LogP contribution is -2.29. The van der Waals surface area contributed by atoms with E-state index in [4.69, 9.17) is 4.74 Å². The van der Waals surface area contributed by atoms with Gasteiger partial charge >= 0.3 is 0 Å². The van der Waals surface area contributed by atoms with Crippen LogP contribution in [0.25, 0.3) is 21.9 Å². The number of nitrogens with one attached hydrogen (secondary N) is 1. The van der Waals surface area contributed by atoms with Crippen LogP contribution in [0.5, 0.6) is 5.75 Å². The number of methoxy groups -OCH3 is 1. The molecular formula is C20H28N4O2. The largest absolute Gasteiger partial charge is 0.497 e. The van der Waals surface area contributed by atoms with Crippen LogP contribution < -0.4 is 10.3 Å². The maximum atomic E-state index is 12.8. The van der Waals surface area contributed by atoms with Gasteiger partial charge in [-0.05, 0) is 57.1 Å². The molecule has 0 aliphatic rings. The molecule has 0 saturated carbocycles. The number of rotatable bonds is 9. The van der Waals surface area contributed by atoms with Crippen molar-refractivity contribution in [3.8, 4) is 5.75 Å². The van der Waals surface area contributed by atoms with Crippen molar-refractivity contribution in [3.63, 3.8) is 0 Å². The molecule has 2 heterocycles. The summed E-state index contributed by atoms with van der Waals surface area (Å²) >= 11 is 0. The fourth-order valence-electron chi connectivity index (χ4n) is 3.49. The van der Waals surface area contributed by atoms with Crippen molar-refractivity contribution < 1.29 is 4.74 Å². The number of H-pyrrole nitrogens is 1. The average Bonchev–Trinajstić information content (AvgIpc) is 3.02. The van der Waals surface area contributed by atoms with E-state index in [0.717, 1.165) is 55.5 Å². The number of hydrogen-bond donors (Lipinski definition) is 1. The summed E-state index contributed by atoms with van der Waals surface area (Å²) < 4.78 is 6.99. The number of hydrogen-bond acceptors (Lipinski definition) is 4. The molecule has 0 bridgehead atoms. The van der Waals surface area contributed by atoms with E-state index < -0.39 is 0 Å². The number of nitrogens with zero attached hydrogens (tertiary/aromatic N) is 3. The van der Waals surface area contributed by atoms with Crippen molar-refractivity contribution in [1.82, 2.24) is 19.4 Å². The van der Waals surface area contributed by atoms with E-state index in [2.05, 4.69) is 28.7 Å². The Bertz CT molecular complexity index is 923. The number of aryl methyl sites for hydroxylation is 1. The third-order valence-electron chi connectivity index (χ3n) is 4.73. The third kappa shape index (κ3) is 3.75. The fourth-order valence-corrected chi connectivity index (χ4v) is 3.49. The fraction of sp³-hybridized carbons (Fsp3) is 0.500. The lowest BCUT2D eigenvalue weighted by atomic mass is 10.2. The first-order valence-corrected chi connectivity index (χ1v) is 9.45. The molecule has 0 amide bonds. The monoisotopic (exact) mass is 356 g/mol. The molecule has 1 N–H and O–H groups in total. The molecule has 0 unspecified atom stereocenters. The highest BCUT2D eigenvalue weighted by Crippen LogP contribution is 2.25. The number of benzene rings is 1. The van der Waals surface area contributed by atoms with Crippen molar-refractivity contribution in [2.24, 2.45) is 0 Å². The zero-order valence-electron chi connectivity index (χ0n) is 15.9. The lowest BCUT2D eigenvalue weighted by Gasteiger charge is -2.20. The van der Waals surface area contributed by atoms with E-state index in [-0.39, 0.29) is 5.56 Å². The van der Waals surface area contributed by atoms with Gasteiger partial charge in [-0.15, -0.1) is 0 Å². The summed E-state index contributed by atoms with van der Waals surface area (Å²) in [6.07, 6.45) is 4.93. The molecule has 0 atom stereocenters. The maximum absolute atomic E-state index is 12.8. The Kier molecular flexibility index (Phi) is 5.93. The second-order valence-electron chi connectivity index (χ2n) is 6.70. The van der Waals surface area contributed by atoms with E-state index in [9.17, 15) is 4.79 Å². The summed E-state index contributed by atoms with van der Waals surface area (Å²) in [4.78, 5) is 23.0. The highest BCUT2D eigenvalue weighted by Gasteiger charge is 2.12. The van der Waals surface area contributed by atoms with Crippen molar-refractivity contribution in [2.45, 2.75) is 39.7 Å².